The van der Waals surface area contributed by atoms with Gasteiger partial charge in [-0.05, 0) is 82.6 Å². The second-order valence-electron chi connectivity index (χ2n) is 10.5. The normalized spacial score (nSPS) is 19.6. The molecule has 5 aromatic rings. The molecular weight excluding hydrogens is 570 g/mol. The van der Waals surface area contributed by atoms with Crippen molar-refractivity contribution in [1.82, 2.24) is 24.4 Å². The first-order chi connectivity index (χ1) is 19.4. The molecule has 4 heterocycles. The van der Waals surface area contributed by atoms with E-state index in [9.17, 15) is 9.59 Å². The number of nitrogens with zero attached hydrogens (tertiary/aromatic N) is 5. The molecule has 9 nitrogen and oxygen atoms in total. The highest BCUT2D eigenvalue weighted by molar-refractivity contribution is 9.10. The van der Waals surface area contributed by atoms with Crippen LogP contribution in [0.4, 0.5) is 11.6 Å². The number of nitrogens with one attached hydrogen (secondary N) is 1. The number of hydrogen-bond donors (Lipinski definition) is 2. The molecule has 7 rings (SSSR count). The van der Waals surface area contributed by atoms with Gasteiger partial charge in [0.2, 0.25) is 11.8 Å². The molecule has 10 heteroatoms. The highest BCUT2D eigenvalue weighted by Crippen LogP contribution is 2.48. The smallest absolute Gasteiger partial charge is 0.248 e. The van der Waals surface area contributed by atoms with Crippen LogP contribution in [0.25, 0.3) is 33.1 Å². The van der Waals surface area contributed by atoms with Crippen molar-refractivity contribution in [2.75, 3.05) is 11.1 Å². The summed E-state index contributed by atoms with van der Waals surface area (Å²) in [6.07, 6.45) is 3.00. The number of carbonyl (C=O) groups is 2. The molecule has 1 aliphatic carbocycles. The Morgan fingerprint density at radius 3 is 2.67 bits per heavy atom. The first-order valence-electron chi connectivity index (χ1n) is 13.2. The summed E-state index contributed by atoms with van der Waals surface area (Å²) >= 11 is 3.34. The summed E-state index contributed by atoms with van der Waals surface area (Å²) in [5.74, 6) is 0.833. The first-order valence-corrected chi connectivity index (χ1v) is 14.0. The first kappa shape index (κ1) is 24.7. The molecule has 0 radical (unpaired) electrons. The number of amides is 2. The van der Waals surface area contributed by atoms with Crippen molar-refractivity contribution in [1.29, 1.82) is 0 Å². The Morgan fingerprint density at radius 2 is 1.88 bits per heavy atom. The number of aryl methyl sites for hydroxylation is 1. The minimum Gasteiger partial charge on any atom is -0.383 e. The molecule has 1 aliphatic heterocycles. The van der Waals surface area contributed by atoms with E-state index < -0.39 is 6.04 Å². The van der Waals surface area contributed by atoms with Crippen molar-refractivity contribution >= 4 is 61.3 Å². The highest BCUT2D eigenvalue weighted by atomic mass is 79.9. The third kappa shape index (κ3) is 4.10. The van der Waals surface area contributed by atoms with Crippen LogP contribution in [0.2, 0.25) is 0 Å². The number of fused-ring (bicyclic) bond motifs is 4. The van der Waals surface area contributed by atoms with E-state index in [-0.39, 0.29) is 24.4 Å². The number of nitrogens with two attached hydrogens (primary N) is 1. The van der Waals surface area contributed by atoms with Crippen LogP contribution in [0.1, 0.15) is 18.4 Å². The molecule has 3 aromatic heterocycles. The molecule has 2 fully saturated rings. The molecule has 2 amide bonds. The van der Waals surface area contributed by atoms with Crippen molar-refractivity contribution < 1.29 is 9.59 Å². The number of anilines is 2. The summed E-state index contributed by atoms with van der Waals surface area (Å²) in [7, 11) is 0. The van der Waals surface area contributed by atoms with E-state index in [1.54, 1.807) is 17.0 Å². The number of carbonyl (C=O) groups excluding carboxylic acids is 2. The zero-order valence-corrected chi connectivity index (χ0v) is 23.3. The number of rotatable bonds is 5. The minimum atomic E-state index is -0.546. The van der Waals surface area contributed by atoms with E-state index in [2.05, 4.69) is 60.5 Å². The lowest BCUT2D eigenvalue weighted by atomic mass is 10.00. The van der Waals surface area contributed by atoms with Gasteiger partial charge in [0.1, 0.15) is 40.8 Å². The van der Waals surface area contributed by atoms with E-state index in [0.717, 1.165) is 39.4 Å². The second kappa shape index (κ2) is 9.41. The second-order valence-corrected chi connectivity index (χ2v) is 11.4. The largest absolute Gasteiger partial charge is 0.383 e. The molecule has 2 aromatic carbocycles. The molecule has 3 atom stereocenters. The number of hydrogen-bond acceptors (Lipinski definition) is 6. The van der Waals surface area contributed by atoms with E-state index in [4.69, 9.17) is 5.73 Å². The summed E-state index contributed by atoms with van der Waals surface area (Å²) < 4.78 is 2.56. The number of nitrogen functional groups attached to an aromatic ring is 1. The summed E-state index contributed by atoms with van der Waals surface area (Å²) in [6, 6.07) is 19.2. The molecule has 1 saturated heterocycles. The van der Waals surface area contributed by atoms with Crippen molar-refractivity contribution in [2.24, 2.45) is 5.92 Å². The van der Waals surface area contributed by atoms with E-state index in [1.165, 1.54) is 6.33 Å². The average Bonchev–Trinajstić information content (AvgIpc) is 3.48. The van der Waals surface area contributed by atoms with Crippen LogP contribution in [-0.4, -0.2) is 48.3 Å². The molecule has 200 valence electrons. The van der Waals surface area contributed by atoms with Gasteiger partial charge in [0.15, 0.2) is 0 Å². The zero-order valence-electron chi connectivity index (χ0n) is 21.7. The van der Waals surface area contributed by atoms with Crippen molar-refractivity contribution in [3.63, 3.8) is 0 Å². The number of benzene rings is 2. The highest BCUT2D eigenvalue weighted by Gasteiger charge is 2.56. The van der Waals surface area contributed by atoms with Gasteiger partial charge >= 0.3 is 0 Å². The van der Waals surface area contributed by atoms with E-state index in [0.29, 0.717) is 34.2 Å². The fourth-order valence-electron chi connectivity index (χ4n) is 6.19. The standard InChI is InChI=1S/C30H26BrN7O2/c1-16-10-18(17-6-3-2-4-7-17)11-20-26-28(32)33-15-34-29(26)37(27(16)20)14-25(39)38-21-12-19(21)13-22(38)30(40)36-24-9-5-8-23(31)35-24/h2-11,15,19,21-22H,12-14H2,1H3,(H2,32,33,34)(H,35,36,40)/t19-,21+,22?/m1/s1. The summed E-state index contributed by atoms with van der Waals surface area (Å²) in [5, 5.41) is 4.52. The zero-order chi connectivity index (χ0) is 27.5. The number of pyridine rings is 1. The third-order valence-corrected chi connectivity index (χ3v) is 8.46. The van der Waals surface area contributed by atoms with E-state index in [1.807, 2.05) is 35.8 Å². The van der Waals surface area contributed by atoms with Gasteiger partial charge in [-0.2, -0.15) is 0 Å². The molecule has 1 saturated carbocycles. The Labute approximate surface area is 238 Å². The number of halogens is 1. The summed E-state index contributed by atoms with van der Waals surface area (Å²) in [5.41, 5.74) is 11.0. The Balaban J connectivity index is 1.26. The molecular formula is C30H26BrN7O2. The lowest BCUT2D eigenvalue weighted by molar-refractivity contribution is -0.138. The van der Waals surface area contributed by atoms with Gasteiger partial charge < -0.3 is 20.5 Å². The monoisotopic (exact) mass is 595 g/mol. The van der Waals surface area contributed by atoms with Gasteiger partial charge in [-0.1, -0.05) is 36.4 Å². The molecule has 40 heavy (non-hydrogen) atoms. The van der Waals surface area contributed by atoms with Crippen LogP contribution in [0.3, 0.4) is 0 Å². The predicted molar refractivity (Wildman–Crippen MR) is 157 cm³/mol. The van der Waals surface area contributed by atoms with Crippen molar-refractivity contribution in [3.8, 4) is 11.1 Å². The SMILES string of the molecule is Cc1cc(-c2ccccc2)cc2c3c(N)ncnc3n(CC(=O)N3C(C(=O)Nc4cccc(Br)n4)C[C@H]4C[C@@H]43)c12. The van der Waals surface area contributed by atoms with Crippen LogP contribution in [0.15, 0.2) is 71.6 Å². The predicted octanol–water partition coefficient (Wildman–Crippen LogP) is 4.93. The molecule has 0 bridgehead atoms. The van der Waals surface area contributed by atoms with Gasteiger partial charge in [-0.3, -0.25) is 9.59 Å². The summed E-state index contributed by atoms with van der Waals surface area (Å²) in [4.78, 5) is 42.2. The van der Waals surface area contributed by atoms with Crippen LogP contribution in [0, 0.1) is 12.8 Å². The molecule has 1 unspecified atom stereocenters. The summed E-state index contributed by atoms with van der Waals surface area (Å²) in [6.45, 7) is 2.08. The Hall–Kier alpha value is -4.31. The molecule has 2 aliphatic rings. The number of likely N-dealkylation sites (tertiary alicyclic amines) is 1. The van der Waals surface area contributed by atoms with Crippen molar-refractivity contribution in [2.45, 2.75) is 38.4 Å². The number of piperidine rings is 1. The van der Waals surface area contributed by atoms with Gasteiger partial charge in [0, 0.05) is 11.4 Å². The third-order valence-electron chi connectivity index (χ3n) is 8.01. The lowest BCUT2D eigenvalue weighted by Crippen LogP contribution is -2.46. The van der Waals surface area contributed by atoms with Gasteiger partial charge in [0.05, 0.1) is 10.9 Å². The van der Waals surface area contributed by atoms with Crippen LogP contribution in [0.5, 0.6) is 0 Å². The minimum absolute atomic E-state index is 0.0457. The van der Waals surface area contributed by atoms with Crippen LogP contribution < -0.4 is 11.1 Å². The maximum absolute atomic E-state index is 14.0. The molecule has 0 spiro atoms. The van der Waals surface area contributed by atoms with Gasteiger partial charge in [-0.15, -0.1) is 0 Å². The fraction of sp³-hybridized carbons (Fsp3) is 0.233. The Kier molecular flexibility index (Phi) is 5.81. The maximum Gasteiger partial charge on any atom is 0.248 e. The Bertz CT molecular complexity index is 1820. The fourth-order valence-corrected chi connectivity index (χ4v) is 6.54. The van der Waals surface area contributed by atoms with E-state index >= 15 is 0 Å². The van der Waals surface area contributed by atoms with Crippen LogP contribution >= 0.6 is 15.9 Å². The Morgan fingerprint density at radius 1 is 1.05 bits per heavy atom. The quantitative estimate of drug-likeness (QED) is 0.278. The lowest BCUT2D eigenvalue weighted by Gasteiger charge is -2.27. The maximum atomic E-state index is 14.0. The molecule has 3 N–H and O–H groups in total. The van der Waals surface area contributed by atoms with Gasteiger partial charge in [0.25, 0.3) is 0 Å². The van der Waals surface area contributed by atoms with Gasteiger partial charge in [-0.25, -0.2) is 15.0 Å². The van der Waals surface area contributed by atoms with Crippen molar-refractivity contribution in [3.05, 3.63) is 77.2 Å². The number of aromatic nitrogens is 4. The topological polar surface area (TPSA) is 119 Å². The van der Waals surface area contributed by atoms with Crippen LogP contribution in [-0.2, 0) is 16.1 Å². The average molecular weight is 596 g/mol.